The molecule has 100 valence electrons. The van der Waals surface area contributed by atoms with E-state index in [1.165, 1.54) is 0 Å². The molecule has 2 N–H and O–H groups in total. The van der Waals surface area contributed by atoms with Crippen LogP contribution in [0.2, 0.25) is 0 Å². The number of nitrogens with zero attached hydrogens (tertiary/aromatic N) is 2. The Labute approximate surface area is 101 Å². The van der Waals surface area contributed by atoms with Crippen molar-refractivity contribution in [3.05, 3.63) is 0 Å². The molecule has 0 aliphatic heterocycles. The molecule has 0 aromatic heterocycles. The summed E-state index contributed by atoms with van der Waals surface area (Å²) in [5.41, 5.74) is 0. The molecule has 0 aliphatic carbocycles. The molecule has 17 heavy (non-hydrogen) atoms. The monoisotopic (exact) mass is 247 g/mol. The van der Waals surface area contributed by atoms with Crippen molar-refractivity contribution in [2.24, 2.45) is 0 Å². The maximum absolute atomic E-state index is 11.5. The van der Waals surface area contributed by atoms with Crippen molar-refractivity contribution in [3.63, 3.8) is 0 Å². The number of carboxylic acid groups (broad SMARTS) is 1. The van der Waals surface area contributed by atoms with E-state index in [4.69, 9.17) is 9.84 Å². The molecular weight excluding hydrogens is 226 g/mol. The third kappa shape index (κ3) is 9.58. The second kappa shape index (κ2) is 8.77. The molecule has 7 heteroatoms. The van der Waals surface area contributed by atoms with Crippen LogP contribution >= 0.6 is 0 Å². The zero-order valence-electron chi connectivity index (χ0n) is 10.6. The summed E-state index contributed by atoms with van der Waals surface area (Å²) < 4.78 is 4.78. The van der Waals surface area contributed by atoms with Gasteiger partial charge in [0, 0.05) is 26.7 Å². The minimum Gasteiger partial charge on any atom is -0.480 e. The van der Waals surface area contributed by atoms with Gasteiger partial charge in [-0.2, -0.15) is 0 Å². The van der Waals surface area contributed by atoms with E-state index >= 15 is 0 Å². The molecule has 0 aliphatic rings. The van der Waals surface area contributed by atoms with Gasteiger partial charge in [0.25, 0.3) is 0 Å². The lowest BCUT2D eigenvalue weighted by atomic mass is 10.5. The fraction of sp³-hybridized carbons (Fsp3) is 0.800. The summed E-state index contributed by atoms with van der Waals surface area (Å²) in [6.07, 6.45) is 0. The van der Waals surface area contributed by atoms with Gasteiger partial charge in [-0.25, -0.2) is 9.59 Å². The Hall–Kier alpha value is -1.34. The van der Waals surface area contributed by atoms with Crippen LogP contribution < -0.4 is 5.32 Å². The molecule has 7 nitrogen and oxygen atoms in total. The molecule has 0 unspecified atom stereocenters. The summed E-state index contributed by atoms with van der Waals surface area (Å²) in [5, 5.41) is 10.9. The Morgan fingerprint density at radius 1 is 1.24 bits per heavy atom. The van der Waals surface area contributed by atoms with E-state index in [0.29, 0.717) is 13.1 Å². The number of hydrogen-bond acceptors (Lipinski definition) is 4. The lowest BCUT2D eigenvalue weighted by Gasteiger charge is -2.20. The Morgan fingerprint density at radius 3 is 2.41 bits per heavy atom. The standard InChI is InChI=1S/C10H21N3O4/c1-12(2)5-6-13(3)10(16)11-4-7-17-8-9(14)15/h4-8H2,1-3H3,(H,11,16)(H,14,15). The van der Waals surface area contributed by atoms with Gasteiger partial charge in [0.05, 0.1) is 6.61 Å². The van der Waals surface area contributed by atoms with E-state index in [2.05, 4.69) is 5.32 Å². The summed E-state index contributed by atoms with van der Waals surface area (Å²) in [6, 6.07) is -0.189. The number of hydrogen-bond donors (Lipinski definition) is 2. The van der Waals surface area contributed by atoms with E-state index in [1.807, 2.05) is 19.0 Å². The third-order valence-electron chi connectivity index (χ3n) is 1.98. The first-order valence-corrected chi connectivity index (χ1v) is 5.36. The summed E-state index contributed by atoms with van der Waals surface area (Å²) >= 11 is 0. The van der Waals surface area contributed by atoms with Gasteiger partial charge in [0.1, 0.15) is 6.61 Å². The topological polar surface area (TPSA) is 82.1 Å². The van der Waals surface area contributed by atoms with Crippen molar-refractivity contribution in [3.8, 4) is 0 Å². The van der Waals surface area contributed by atoms with Gasteiger partial charge in [0.15, 0.2) is 0 Å². The highest BCUT2D eigenvalue weighted by Crippen LogP contribution is 1.85. The van der Waals surface area contributed by atoms with Gasteiger partial charge in [-0.1, -0.05) is 0 Å². The quantitative estimate of drug-likeness (QED) is 0.554. The predicted molar refractivity (Wildman–Crippen MR) is 63.0 cm³/mol. The van der Waals surface area contributed by atoms with Crippen LogP contribution in [0, 0.1) is 0 Å². The van der Waals surface area contributed by atoms with Crippen molar-refractivity contribution in [1.29, 1.82) is 0 Å². The molecule has 0 atom stereocenters. The van der Waals surface area contributed by atoms with E-state index in [0.717, 1.165) is 6.54 Å². The molecule has 0 saturated carbocycles. The molecule has 0 heterocycles. The molecule has 0 fully saturated rings. The molecule has 2 amide bonds. The smallest absolute Gasteiger partial charge is 0.329 e. The average Bonchev–Trinajstić information content (AvgIpc) is 2.24. The van der Waals surface area contributed by atoms with Crippen molar-refractivity contribution in [1.82, 2.24) is 15.1 Å². The molecule has 0 bridgehead atoms. The molecule has 0 saturated heterocycles. The Bertz CT molecular complexity index is 246. The normalized spacial score (nSPS) is 10.4. The number of nitrogens with one attached hydrogen (secondary N) is 1. The number of carbonyl (C=O) groups excluding carboxylic acids is 1. The maximum atomic E-state index is 11.5. The molecule has 0 aromatic carbocycles. The Kier molecular flexibility index (Phi) is 8.08. The predicted octanol–water partition coefficient (Wildman–Crippen LogP) is -0.709. The van der Waals surface area contributed by atoms with Gasteiger partial charge in [-0.05, 0) is 14.1 Å². The van der Waals surface area contributed by atoms with Crippen LogP contribution in [-0.2, 0) is 9.53 Å². The van der Waals surface area contributed by atoms with Crippen LogP contribution in [0.15, 0.2) is 0 Å². The number of urea groups is 1. The van der Waals surface area contributed by atoms with Crippen molar-refractivity contribution in [2.45, 2.75) is 0 Å². The van der Waals surface area contributed by atoms with E-state index < -0.39 is 5.97 Å². The summed E-state index contributed by atoms with van der Waals surface area (Å²) in [7, 11) is 5.58. The molecule has 0 rings (SSSR count). The number of carbonyl (C=O) groups is 2. The van der Waals surface area contributed by atoms with E-state index in [9.17, 15) is 9.59 Å². The van der Waals surface area contributed by atoms with E-state index in [-0.39, 0.29) is 19.2 Å². The highest BCUT2D eigenvalue weighted by Gasteiger charge is 2.07. The first-order chi connectivity index (χ1) is 7.93. The first-order valence-electron chi connectivity index (χ1n) is 5.36. The van der Waals surface area contributed by atoms with Gasteiger partial charge in [-0.3, -0.25) is 0 Å². The number of amides is 2. The zero-order valence-corrected chi connectivity index (χ0v) is 10.6. The van der Waals surface area contributed by atoms with Gasteiger partial charge in [-0.15, -0.1) is 0 Å². The van der Waals surface area contributed by atoms with Crippen LogP contribution in [0.3, 0.4) is 0 Å². The molecule has 0 radical (unpaired) electrons. The average molecular weight is 247 g/mol. The largest absolute Gasteiger partial charge is 0.480 e. The zero-order chi connectivity index (χ0) is 13.3. The van der Waals surface area contributed by atoms with Crippen LogP contribution in [0.4, 0.5) is 4.79 Å². The third-order valence-corrected chi connectivity index (χ3v) is 1.98. The maximum Gasteiger partial charge on any atom is 0.329 e. The number of likely N-dealkylation sites (N-methyl/N-ethyl adjacent to an activating group) is 2. The SMILES string of the molecule is CN(C)CCN(C)C(=O)NCCOCC(=O)O. The minimum atomic E-state index is -1.01. The lowest BCUT2D eigenvalue weighted by Crippen LogP contribution is -2.41. The Balaban J connectivity index is 3.53. The van der Waals surface area contributed by atoms with Crippen molar-refractivity contribution in [2.75, 3.05) is 54.0 Å². The summed E-state index contributed by atoms with van der Waals surface area (Å²) in [4.78, 5) is 25.2. The Morgan fingerprint density at radius 2 is 1.88 bits per heavy atom. The van der Waals surface area contributed by atoms with E-state index in [1.54, 1.807) is 11.9 Å². The van der Waals surface area contributed by atoms with Crippen molar-refractivity contribution < 1.29 is 19.4 Å². The highest BCUT2D eigenvalue weighted by molar-refractivity contribution is 5.73. The van der Waals surface area contributed by atoms with Crippen molar-refractivity contribution >= 4 is 12.0 Å². The van der Waals surface area contributed by atoms with Crippen LogP contribution in [0.25, 0.3) is 0 Å². The van der Waals surface area contributed by atoms with Gasteiger partial charge < -0.3 is 25.0 Å². The molecular formula is C10H21N3O4. The molecule has 0 spiro atoms. The number of ether oxygens (including phenoxy) is 1. The first kappa shape index (κ1) is 15.7. The minimum absolute atomic E-state index is 0.189. The van der Waals surface area contributed by atoms with Crippen LogP contribution in [0.1, 0.15) is 0 Å². The second-order valence-electron chi connectivity index (χ2n) is 3.90. The fourth-order valence-electron chi connectivity index (χ4n) is 0.976. The number of aliphatic carboxylic acids is 1. The highest BCUT2D eigenvalue weighted by atomic mass is 16.5. The van der Waals surface area contributed by atoms with Crippen LogP contribution in [-0.4, -0.2) is 80.9 Å². The second-order valence-corrected chi connectivity index (χ2v) is 3.90. The number of rotatable bonds is 8. The van der Waals surface area contributed by atoms with Gasteiger partial charge in [0.2, 0.25) is 0 Å². The number of carboxylic acids is 1. The molecule has 0 aromatic rings. The van der Waals surface area contributed by atoms with Gasteiger partial charge >= 0.3 is 12.0 Å². The fourth-order valence-corrected chi connectivity index (χ4v) is 0.976. The van der Waals surface area contributed by atoms with Crippen LogP contribution in [0.5, 0.6) is 0 Å². The summed E-state index contributed by atoms with van der Waals surface area (Å²) in [6.45, 7) is 1.58. The lowest BCUT2D eigenvalue weighted by molar-refractivity contribution is -0.142. The summed E-state index contributed by atoms with van der Waals surface area (Å²) in [5.74, 6) is -1.01.